The number of carbonyl (C=O) groups is 2. The molecule has 4 rings (SSSR count). The second-order valence-electron chi connectivity index (χ2n) is 7.91. The number of likely N-dealkylation sites (N-methyl/N-ethyl adjacent to an activating group) is 1. The summed E-state index contributed by atoms with van der Waals surface area (Å²) < 4.78 is 7.05. The van der Waals surface area contributed by atoms with Crippen molar-refractivity contribution in [3.05, 3.63) is 30.5 Å². The normalized spacial score (nSPS) is 22.9. The zero-order valence-electron chi connectivity index (χ0n) is 16.9. The lowest BCUT2D eigenvalue weighted by Gasteiger charge is -2.30. The van der Waals surface area contributed by atoms with Crippen LogP contribution in [0.5, 0.6) is 0 Å². The number of morpholine rings is 1. The van der Waals surface area contributed by atoms with E-state index in [1.54, 1.807) is 10.9 Å². The van der Waals surface area contributed by atoms with Gasteiger partial charge in [-0.3, -0.25) is 19.2 Å². The molecule has 1 N–H and O–H groups in total. The monoisotopic (exact) mass is 399 g/mol. The van der Waals surface area contributed by atoms with E-state index < -0.39 is 0 Å². The number of nitrogens with zero attached hydrogens (tertiary/aromatic N) is 4. The first-order valence-corrected chi connectivity index (χ1v) is 10.4. The number of nitrogens with one attached hydrogen (secondary N) is 1. The summed E-state index contributed by atoms with van der Waals surface area (Å²) in [5.74, 6) is 0.167. The number of carbonyl (C=O) groups excluding carboxylic acids is 2. The van der Waals surface area contributed by atoms with Gasteiger partial charge in [-0.05, 0) is 26.0 Å². The number of ether oxygens (including phenoxy) is 1. The minimum atomic E-state index is -0.0416. The van der Waals surface area contributed by atoms with Gasteiger partial charge in [0, 0.05) is 43.5 Å². The Labute approximate surface area is 170 Å². The third-order valence-corrected chi connectivity index (χ3v) is 6.14. The molecule has 0 radical (unpaired) electrons. The minimum absolute atomic E-state index is 0.0416. The van der Waals surface area contributed by atoms with Crippen LogP contribution in [0.15, 0.2) is 30.5 Å². The van der Waals surface area contributed by atoms with Crippen LogP contribution in [-0.4, -0.2) is 83.4 Å². The Hall–Kier alpha value is -2.45. The first-order valence-electron chi connectivity index (χ1n) is 10.4. The predicted molar refractivity (Wildman–Crippen MR) is 109 cm³/mol. The van der Waals surface area contributed by atoms with Gasteiger partial charge in [0.25, 0.3) is 0 Å². The van der Waals surface area contributed by atoms with Crippen LogP contribution in [0.2, 0.25) is 0 Å². The van der Waals surface area contributed by atoms with E-state index in [4.69, 9.17) is 4.74 Å². The maximum absolute atomic E-state index is 12.5. The fourth-order valence-electron chi connectivity index (χ4n) is 4.30. The average Bonchev–Trinajstić information content (AvgIpc) is 3.31. The van der Waals surface area contributed by atoms with Crippen molar-refractivity contribution >= 4 is 22.7 Å². The molecule has 0 spiro atoms. The Balaban J connectivity index is 1.24. The van der Waals surface area contributed by atoms with Gasteiger partial charge in [0.2, 0.25) is 11.8 Å². The van der Waals surface area contributed by atoms with E-state index in [9.17, 15) is 9.59 Å². The second-order valence-corrected chi connectivity index (χ2v) is 7.91. The molecule has 1 aromatic heterocycles. The number of likely N-dealkylation sites (tertiary alicyclic amines) is 1. The molecule has 2 saturated heterocycles. The van der Waals surface area contributed by atoms with Crippen LogP contribution in [0.4, 0.5) is 0 Å². The Bertz CT molecular complexity index is 861. The number of amides is 2. The molecule has 0 aliphatic carbocycles. The van der Waals surface area contributed by atoms with Crippen molar-refractivity contribution in [3.8, 4) is 0 Å². The molecule has 0 bridgehead atoms. The number of hydrogen-bond acceptors (Lipinski definition) is 5. The highest BCUT2D eigenvalue weighted by atomic mass is 16.5. The summed E-state index contributed by atoms with van der Waals surface area (Å²) in [6.07, 6.45) is 4.29. The van der Waals surface area contributed by atoms with Crippen LogP contribution in [0.25, 0.3) is 10.9 Å². The second kappa shape index (κ2) is 8.92. The summed E-state index contributed by atoms with van der Waals surface area (Å²) in [5, 5.41) is 8.39. The van der Waals surface area contributed by atoms with Crippen LogP contribution < -0.4 is 5.32 Å². The number of hydrogen-bond donors (Lipinski definition) is 1. The van der Waals surface area contributed by atoms with E-state index in [0.29, 0.717) is 39.3 Å². The molecule has 1 aromatic carbocycles. The van der Waals surface area contributed by atoms with Gasteiger partial charge in [-0.2, -0.15) is 5.10 Å². The predicted octanol–water partition coefficient (Wildman–Crippen LogP) is 0.864. The summed E-state index contributed by atoms with van der Waals surface area (Å²) >= 11 is 0. The van der Waals surface area contributed by atoms with Gasteiger partial charge < -0.3 is 15.0 Å². The Morgan fingerprint density at radius 3 is 2.76 bits per heavy atom. The number of para-hydroxylation sites is 1. The first kappa shape index (κ1) is 19.8. The number of aromatic nitrogens is 2. The van der Waals surface area contributed by atoms with Gasteiger partial charge in [-0.1, -0.05) is 18.2 Å². The molecule has 2 aliphatic heterocycles. The van der Waals surface area contributed by atoms with Crippen molar-refractivity contribution in [1.82, 2.24) is 24.9 Å². The van der Waals surface area contributed by atoms with E-state index in [1.807, 2.05) is 29.2 Å². The topological polar surface area (TPSA) is 79.7 Å². The van der Waals surface area contributed by atoms with Gasteiger partial charge in [0.05, 0.1) is 24.9 Å². The molecule has 2 atom stereocenters. The highest BCUT2D eigenvalue weighted by Gasteiger charge is 2.33. The molecule has 2 aliphatic rings. The highest BCUT2D eigenvalue weighted by Crippen LogP contribution is 2.25. The third-order valence-electron chi connectivity index (χ3n) is 6.14. The zero-order chi connectivity index (χ0) is 20.2. The van der Waals surface area contributed by atoms with E-state index in [0.717, 1.165) is 23.7 Å². The smallest absolute Gasteiger partial charge is 0.241 e. The van der Waals surface area contributed by atoms with Gasteiger partial charge in [0.1, 0.15) is 6.54 Å². The molecule has 156 valence electrons. The zero-order valence-corrected chi connectivity index (χ0v) is 16.9. The molecule has 0 unspecified atom stereocenters. The standard InChI is InChI=1S/C21H29N5O3/c1-24-17(12-21(28)25-8-10-29-11-9-25)6-7-18(24)14-22-20(27)15-26-19-5-3-2-4-16(19)13-23-26/h2-5,13,17-18H,6-12,14-15H2,1H3,(H,22,27)/t17-,18+/m1/s1. The summed E-state index contributed by atoms with van der Waals surface area (Å²) in [5.41, 5.74) is 0.960. The summed E-state index contributed by atoms with van der Waals surface area (Å²) in [6, 6.07) is 8.37. The highest BCUT2D eigenvalue weighted by molar-refractivity contribution is 5.82. The van der Waals surface area contributed by atoms with Crippen LogP contribution in [-0.2, 0) is 20.9 Å². The van der Waals surface area contributed by atoms with Gasteiger partial charge in [0.15, 0.2) is 0 Å². The number of rotatable bonds is 6. The van der Waals surface area contributed by atoms with E-state index in [-0.39, 0.29) is 30.4 Å². The number of benzene rings is 1. The lowest BCUT2D eigenvalue weighted by Crippen LogP contribution is -2.45. The van der Waals surface area contributed by atoms with Crippen LogP contribution in [0.1, 0.15) is 19.3 Å². The molecule has 3 heterocycles. The van der Waals surface area contributed by atoms with Crippen molar-refractivity contribution in [2.75, 3.05) is 39.9 Å². The van der Waals surface area contributed by atoms with Crippen molar-refractivity contribution in [2.24, 2.45) is 0 Å². The van der Waals surface area contributed by atoms with Gasteiger partial charge >= 0.3 is 0 Å². The Morgan fingerprint density at radius 1 is 1.17 bits per heavy atom. The SMILES string of the molecule is CN1[C@@H](CC(=O)N2CCOCC2)CC[C@H]1CNC(=O)Cn1ncc2ccccc21. The van der Waals surface area contributed by atoms with Crippen LogP contribution in [0.3, 0.4) is 0 Å². The summed E-state index contributed by atoms with van der Waals surface area (Å²) in [7, 11) is 2.06. The fraction of sp³-hybridized carbons (Fsp3) is 0.571. The van der Waals surface area contributed by atoms with E-state index >= 15 is 0 Å². The fourth-order valence-corrected chi connectivity index (χ4v) is 4.30. The van der Waals surface area contributed by atoms with Gasteiger partial charge in [-0.25, -0.2) is 0 Å². The average molecular weight is 399 g/mol. The van der Waals surface area contributed by atoms with Crippen LogP contribution >= 0.6 is 0 Å². The van der Waals surface area contributed by atoms with Gasteiger partial charge in [-0.15, -0.1) is 0 Å². The molecule has 8 heteroatoms. The molecule has 29 heavy (non-hydrogen) atoms. The molecule has 2 aromatic rings. The molecule has 2 fully saturated rings. The van der Waals surface area contributed by atoms with Crippen LogP contribution in [0, 0.1) is 0 Å². The summed E-state index contributed by atoms with van der Waals surface area (Å²) in [6.45, 7) is 3.45. The largest absolute Gasteiger partial charge is 0.378 e. The Morgan fingerprint density at radius 2 is 1.93 bits per heavy atom. The molecular formula is C21H29N5O3. The maximum Gasteiger partial charge on any atom is 0.241 e. The lowest BCUT2D eigenvalue weighted by molar-refractivity contribution is -0.136. The van der Waals surface area contributed by atoms with Crippen molar-refractivity contribution in [3.63, 3.8) is 0 Å². The molecule has 8 nitrogen and oxygen atoms in total. The Kier molecular flexibility index (Phi) is 6.10. The number of fused-ring (bicyclic) bond motifs is 1. The maximum atomic E-state index is 12.5. The lowest BCUT2D eigenvalue weighted by atomic mass is 10.1. The van der Waals surface area contributed by atoms with Crippen molar-refractivity contribution in [1.29, 1.82) is 0 Å². The van der Waals surface area contributed by atoms with E-state index in [1.165, 1.54) is 0 Å². The first-order chi connectivity index (χ1) is 14.1. The summed E-state index contributed by atoms with van der Waals surface area (Å²) in [4.78, 5) is 29.1. The van der Waals surface area contributed by atoms with Crippen molar-refractivity contribution < 1.29 is 14.3 Å². The quantitative estimate of drug-likeness (QED) is 0.780. The third kappa shape index (κ3) is 4.59. The van der Waals surface area contributed by atoms with E-state index in [2.05, 4.69) is 22.4 Å². The van der Waals surface area contributed by atoms with Crippen molar-refractivity contribution in [2.45, 2.75) is 37.9 Å². The molecule has 2 amide bonds. The molecule has 0 saturated carbocycles. The minimum Gasteiger partial charge on any atom is -0.378 e. The molecular weight excluding hydrogens is 370 g/mol.